The highest BCUT2D eigenvalue weighted by atomic mass is 35.5. The lowest BCUT2D eigenvalue weighted by Gasteiger charge is -2.30. The Labute approximate surface area is 244 Å². The highest BCUT2D eigenvalue weighted by molar-refractivity contribution is 6.31. The fraction of sp³-hybridized carbons (Fsp3) is 0.303. The minimum atomic E-state index is -0.945. The van der Waals surface area contributed by atoms with Crippen molar-refractivity contribution in [3.63, 3.8) is 0 Å². The van der Waals surface area contributed by atoms with Crippen molar-refractivity contribution in [2.24, 2.45) is 11.8 Å². The molecule has 1 aromatic heterocycles. The van der Waals surface area contributed by atoms with Gasteiger partial charge in [0.25, 0.3) is 0 Å². The third-order valence-corrected chi connectivity index (χ3v) is 8.85. The van der Waals surface area contributed by atoms with Crippen LogP contribution in [0.25, 0.3) is 11.1 Å². The van der Waals surface area contributed by atoms with Crippen molar-refractivity contribution in [3.8, 4) is 16.9 Å². The molecule has 3 atom stereocenters. The second-order valence-corrected chi connectivity index (χ2v) is 11.4. The molecule has 6 rings (SSSR count). The van der Waals surface area contributed by atoms with Gasteiger partial charge in [-0.2, -0.15) is 5.10 Å². The van der Waals surface area contributed by atoms with Gasteiger partial charge in [0.05, 0.1) is 24.9 Å². The summed E-state index contributed by atoms with van der Waals surface area (Å²) in [6, 6.07) is 18.7. The van der Waals surface area contributed by atoms with E-state index in [1.807, 2.05) is 59.2 Å². The number of carboxylic acids is 1. The van der Waals surface area contributed by atoms with Gasteiger partial charge in [-0.25, -0.2) is 4.79 Å². The molecule has 0 radical (unpaired) electrons. The minimum Gasteiger partial charge on any atom is -0.493 e. The smallest absolute Gasteiger partial charge is 0.335 e. The average Bonchev–Trinajstić information content (AvgIpc) is 3.39. The van der Waals surface area contributed by atoms with Gasteiger partial charge >= 0.3 is 5.97 Å². The molecule has 1 N–H and O–H groups in total. The number of benzene rings is 3. The quantitative estimate of drug-likeness (QED) is 0.224. The summed E-state index contributed by atoms with van der Waals surface area (Å²) in [6.45, 7) is 5.86. The van der Waals surface area contributed by atoms with Gasteiger partial charge < -0.3 is 14.7 Å². The molecule has 2 heterocycles. The van der Waals surface area contributed by atoms with Crippen LogP contribution in [0.3, 0.4) is 0 Å². The highest BCUT2D eigenvalue weighted by Crippen LogP contribution is 2.61. The molecule has 1 amide bonds. The fourth-order valence-electron chi connectivity index (χ4n) is 6.10. The summed E-state index contributed by atoms with van der Waals surface area (Å²) in [5.41, 5.74) is 6.35. The molecule has 1 aliphatic carbocycles. The van der Waals surface area contributed by atoms with Crippen molar-refractivity contribution >= 4 is 29.2 Å². The van der Waals surface area contributed by atoms with Crippen molar-refractivity contribution < 1.29 is 19.4 Å². The Morgan fingerprint density at radius 1 is 1.12 bits per heavy atom. The standard InChI is InChI=1S/C33H32ClN3O4/c1-20-26-19-37(30(38)13-6-14-41-29-12-5-10-27(34)21(29)2)28-11-4-9-25(32(28)31(20)26)24-16-35-36(18-24)17-22-7-3-8-23(15-22)33(39)40/h3-5,7-12,15-16,18,20,26,31H,6,13-14,17,19H2,1-2H3,(H,39,40). The van der Waals surface area contributed by atoms with Crippen LogP contribution >= 0.6 is 11.6 Å². The summed E-state index contributed by atoms with van der Waals surface area (Å²) >= 11 is 6.20. The predicted octanol–water partition coefficient (Wildman–Crippen LogP) is 6.81. The Balaban J connectivity index is 1.18. The van der Waals surface area contributed by atoms with E-state index < -0.39 is 5.97 Å². The van der Waals surface area contributed by atoms with E-state index in [9.17, 15) is 14.7 Å². The number of aromatic carboxylic acids is 1. The first-order valence-electron chi connectivity index (χ1n) is 14.0. The first kappa shape index (κ1) is 27.1. The van der Waals surface area contributed by atoms with E-state index in [2.05, 4.69) is 24.2 Å². The van der Waals surface area contributed by atoms with Crippen molar-refractivity contribution in [3.05, 3.63) is 100 Å². The lowest BCUT2D eigenvalue weighted by molar-refractivity contribution is -0.119. The van der Waals surface area contributed by atoms with E-state index in [-0.39, 0.29) is 11.5 Å². The molecule has 41 heavy (non-hydrogen) atoms. The summed E-state index contributed by atoms with van der Waals surface area (Å²) in [7, 11) is 0. The zero-order valence-electron chi connectivity index (χ0n) is 23.1. The molecular formula is C33H32ClN3O4. The van der Waals surface area contributed by atoms with Gasteiger partial charge in [-0.15, -0.1) is 0 Å². The van der Waals surface area contributed by atoms with Crippen molar-refractivity contribution in [1.82, 2.24) is 9.78 Å². The van der Waals surface area contributed by atoms with Crippen LogP contribution in [-0.4, -0.2) is 39.9 Å². The van der Waals surface area contributed by atoms with Gasteiger partial charge in [0.15, 0.2) is 0 Å². The van der Waals surface area contributed by atoms with Crippen molar-refractivity contribution in [1.29, 1.82) is 0 Å². The fourth-order valence-corrected chi connectivity index (χ4v) is 6.27. The number of amides is 1. The van der Waals surface area contributed by atoms with Crippen LogP contribution in [-0.2, 0) is 11.3 Å². The van der Waals surface area contributed by atoms with Gasteiger partial charge in [0, 0.05) is 41.0 Å². The van der Waals surface area contributed by atoms with Crippen LogP contribution in [0.4, 0.5) is 5.69 Å². The van der Waals surface area contributed by atoms with Gasteiger partial charge in [-0.05, 0) is 78.1 Å². The number of ether oxygens (including phenoxy) is 1. The van der Waals surface area contributed by atoms with Gasteiger partial charge in [-0.1, -0.05) is 48.9 Å². The number of carbonyl (C=O) groups is 2. The first-order chi connectivity index (χ1) is 19.8. The number of halogens is 1. The number of hydrogen-bond donors (Lipinski definition) is 1. The Morgan fingerprint density at radius 2 is 1.93 bits per heavy atom. The van der Waals surface area contributed by atoms with E-state index in [1.165, 1.54) is 5.56 Å². The molecule has 4 aromatic rings. The van der Waals surface area contributed by atoms with E-state index in [0.717, 1.165) is 40.2 Å². The number of nitrogens with zero attached hydrogens (tertiary/aromatic N) is 3. The topological polar surface area (TPSA) is 84.7 Å². The van der Waals surface area contributed by atoms with E-state index in [4.69, 9.17) is 16.3 Å². The minimum absolute atomic E-state index is 0.112. The van der Waals surface area contributed by atoms with Crippen LogP contribution in [0, 0.1) is 18.8 Å². The average molecular weight is 570 g/mol. The summed E-state index contributed by atoms with van der Waals surface area (Å²) in [5, 5.41) is 14.6. The van der Waals surface area contributed by atoms with Gasteiger partial charge in [0.2, 0.25) is 5.91 Å². The number of fused-ring (bicyclic) bond motifs is 3. The second-order valence-electron chi connectivity index (χ2n) is 11.0. The van der Waals surface area contributed by atoms with E-state index in [1.54, 1.807) is 18.2 Å². The highest BCUT2D eigenvalue weighted by Gasteiger charge is 2.54. The SMILES string of the molecule is Cc1c(Cl)cccc1OCCCC(=O)N1CC2C(C)C2c2c(-c3cnn(Cc4cccc(C(=O)O)c4)c3)cccc21. The molecule has 1 fully saturated rings. The molecule has 3 unspecified atom stereocenters. The molecule has 3 aromatic carbocycles. The third-order valence-electron chi connectivity index (χ3n) is 8.44. The lowest BCUT2D eigenvalue weighted by atomic mass is 9.92. The monoisotopic (exact) mass is 569 g/mol. The molecule has 1 aliphatic heterocycles. The number of aromatic nitrogens is 2. The molecule has 7 nitrogen and oxygen atoms in total. The maximum absolute atomic E-state index is 13.5. The normalized spacial score (nSPS) is 18.9. The second kappa shape index (κ2) is 11.1. The number of anilines is 1. The largest absolute Gasteiger partial charge is 0.493 e. The number of carbonyl (C=O) groups excluding carboxylic acids is 1. The molecule has 0 spiro atoms. The van der Waals surface area contributed by atoms with Gasteiger partial charge in [0.1, 0.15) is 5.75 Å². The molecule has 210 valence electrons. The summed E-state index contributed by atoms with van der Waals surface area (Å²) in [5.74, 6) is 1.31. The Bertz CT molecular complexity index is 1630. The van der Waals surface area contributed by atoms with Crippen LogP contribution in [0.5, 0.6) is 5.75 Å². The molecular weight excluding hydrogens is 538 g/mol. The molecule has 8 heteroatoms. The van der Waals surface area contributed by atoms with Crippen LogP contribution in [0.1, 0.15) is 52.7 Å². The Hall–Kier alpha value is -4.10. The molecule has 1 saturated carbocycles. The number of hydrogen-bond acceptors (Lipinski definition) is 4. The maximum Gasteiger partial charge on any atom is 0.335 e. The summed E-state index contributed by atoms with van der Waals surface area (Å²) in [4.78, 5) is 26.8. The van der Waals surface area contributed by atoms with Crippen molar-refractivity contribution in [2.75, 3.05) is 18.1 Å². The zero-order valence-corrected chi connectivity index (χ0v) is 23.8. The lowest BCUT2D eigenvalue weighted by Crippen LogP contribution is -2.36. The molecule has 0 saturated heterocycles. The van der Waals surface area contributed by atoms with Crippen LogP contribution in [0.2, 0.25) is 5.02 Å². The Kier molecular flexibility index (Phi) is 7.30. The summed E-state index contributed by atoms with van der Waals surface area (Å²) < 4.78 is 7.75. The van der Waals surface area contributed by atoms with E-state index in [0.29, 0.717) is 48.8 Å². The number of carboxylic acid groups (broad SMARTS) is 1. The maximum atomic E-state index is 13.5. The molecule has 2 aliphatic rings. The third kappa shape index (κ3) is 5.34. The predicted molar refractivity (Wildman–Crippen MR) is 159 cm³/mol. The van der Waals surface area contributed by atoms with Crippen molar-refractivity contribution in [2.45, 2.75) is 39.2 Å². The van der Waals surface area contributed by atoms with Crippen LogP contribution in [0.15, 0.2) is 73.1 Å². The zero-order chi connectivity index (χ0) is 28.7. The Morgan fingerprint density at radius 3 is 2.76 bits per heavy atom. The molecule has 0 bridgehead atoms. The van der Waals surface area contributed by atoms with Gasteiger partial charge in [-0.3, -0.25) is 9.48 Å². The van der Waals surface area contributed by atoms with E-state index >= 15 is 0 Å². The first-order valence-corrected chi connectivity index (χ1v) is 14.4. The summed E-state index contributed by atoms with van der Waals surface area (Å²) in [6.07, 6.45) is 4.88. The van der Waals surface area contributed by atoms with Crippen LogP contribution < -0.4 is 9.64 Å². The number of rotatable bonds is 9.